The van der Waals surface area contributed by atoms with E-state index in [1.54, 1.807) is 36.5 Å². The summed E-state index contributed by atoms with van der Waals surface area (Å²) in [7, 11) is 0. The third-order valence-corrected chi connectivity index (χ3v) is 4.03. The van der Waals surface area contributed by atoms with E-state index in [4.69, 9.17) is 16.3 Å². The Bertz CT molecular complexity index is 667. The number of hydrogen-bond acceptors (Lipinski definition) is 3. The maximum absolute atomic E-state index is 12.0. The quantitative estimate of drug-likeness (QED) is 0.886. The normalized spacial score (nSPS) is 15.4. The van der Waals surface area contributed by atoms with Crippen LogP contribution >= 0.6 is 11.6 Å². The first-order valence-electron chi connectivity index (χ1n) is 7.35. The molecule has 1 saturated carbocycles. The number of anilines is 1. The molecule has 1 amide bonds. The predicted molar refractivity (Wildman–Crippen MR) is 85.2 cm³/mol. The molecule has 22 heavy (non-hydrogen) atoms. The highest BCUT2D eigenvalue weighted by atomic mass is 35.5. The first kappa shape index (κ1) is 14.9. The van der Waals surface area contributed by atoms with Crippen molar-refractivity contribution < 1.29 is 9.53 Å². The van der Waals surface area contributed by atoms with Crippen LogP contribution < -0.4 is 10.1 Å². The summed E-state index contributed by atoms with van der Waals surface area (Å²) in [6, 6.07) is 9.08. The smallest absolute Gasteiger partial charge is 0.263 e. The molecule has 1 aromatic heterocycles. The summed E-state index contributed by atoms with van der Waals surface area (Å²) in [5.41, 5.74) is 0. The van der Waals surface area contributed by atoms with Gasteiger partial charge in [-0.2, -0.15) is 5.10 Å². The van der Waals surface area contributed by atoms with E-state index in [2.05, 4.69) is 17.3 Å². The number of benzene rings is 1. The molecule has 1 atom stereocenters. The lowest BCUT2D eigenvalue weighted by atomic mass is 10.2. The van der Waals surface area contributed by atoms with Crippen LogP contribution in [0.25, 0.3) is 0 Å². The lowest BCUT2D eigenvalue weighted by Gasteiger charge is -2.15. The van der Waals surface area contributed by atoms with Crippen LogP contribution in [0.15, 0.2) is 36.5 Å². The van der Waals surface area contributed by atoms with Gasteiger partial charge in [-0.1, -0.05) is 17.7 Å². The minimum atomic E-state index is -0.218. The number of halogens is 1. The number of aromatic nitrogens is 2. The second-order valence-corrected chi connectivity index (χ2v) is 5.97. The predicted octanol–water partition coefficient (Wildman–Crippen LogP) is 3.53. The van der Waals surface area contributed by atoms with Gasteiger partial charge in [-0.3, -0.25) is 4.79 Å². The molecule has 0 bridgehead atoms. The molecular weight excluding hydrogens is 302 g/mol. The second-order valence-electron chi connectivity index (χ2n) is 5.53. The highest BCUT2D eigenvalue weighted by molar-refractivity contribution is 6.30. The van der Waals surface area contributed by atoms with Gasteiger partial charge in [-0.25, -0.2) is 4.68 Å². The van der Waals surface area contributed by atoms with Crippen molar-refractivity contribution in [3.63, 3.8) is 0 Å². The first-order valence-corrected chi connectivity index (χ1v) is 7.73. The Morgan fingerprint density at radius 3 is 3.05 bits per heavy atom. The molecule has 5 nitrogen and oxygen atoms in total. The van der Waals surface area contributed by atoms with Gasteiger partial charge >= 0.3 is 0 Å². The zero-order chi connectivity index (χ0) is 15.5. The van der Waals surface area contributed by atoms with Gasteiger partial charge in [-0.05, 0) is 43.9 Å². The van der Waals surface area contributed by atoms with Crippen LogP contribution in [0.3, 0.4) is 0 Å². The van der Waals surface area contributed by atoms with E-state index in [1.165, 1.54) is 12.8 Å². The number of nitrogens with one attached hydrogen (secondary N) is 1. The van der Waals surface area contributed by atoms with E-state index >= 15 is 0 Å². The van der Waals surface area contributed by atoms with Crippen LogP contribution in [0.4, 0.5) is 5.82 Å². The van der Waals surface area contributed by atoms with Crippen LogP contribution in [0.1, 0.15) is 25.8 Å². The Kier molecular flexibility index (Phi) is 4.34. The molecule has 3 rings (SSSR count). The third-order valence-electron chi connectivity index (χ3n) is 3.79. The maximum Gasteiger partial charge on any atom is 0.263 e. The fourth-order valence-corrected chi connectivity index (χ4v) is 2.58. The van der Waals surface area contributed by atoms with Crippen LogP contribution in [-0.4, -0.2) is 22.3 Å². The van der Waals surface area contributed by atoms with E-state index < -0.39 is 0 Å². The van der Waals surface area contributed by atoms with Gasteiger partial charge in [-0.15, -0.1) is 0 Å². The number of hydrogen-bond donors (Lipinski definition) is 1. The van der Waals surface area contributed by atoms with Crippen LogP contribution in [0, 0.1) is 5.92 Å². The lowest BCUT2D eigenvalue weighted by Crippen LogP contribution is -2.23. The topological polar surface area (TPSA) is 56.2 Å². The zero-order valence-electron chi connectivity index (χ0n) is 12.3. The summed E-state index contributed by atoms with van der Waals surface area (Å²) >= 11 is 5.87. The standard InChI is InChI=1S/C16H18ClN3O2/c1-11(12-5-6-12)20-15(7-8-18-20)19-16(21)10-22-14-4-2-3-13(17)9-14/h2-4,7-9,11-12H,5-6,10H2,1H3,(H,19,21). The molecule has 116 valence electrons. The van der Waals surface area contributed by atoms with Crippen LogP contribution in [0.2, 0.25) is 5.02 Å². The molecule has 1 aliphatic rings. The Balaban J connectivity index is 1.57. The summed E-state index contributed by atoms with van der Waals surface area (Å²) in [4.78, 5) is 12.0. The van der Waals surface area contributed by atoms with Crippen molar-refractivity contribution in [1.29, 1.82) is 0 Å². The van der Waals surface area contributed by atoms with Gasteiger partial charge in [0.25, 0.3) is 5.91 Å². The summed E-state index contributed by atoms with van der Waals surface area (Å²) < 4.78 is 7.30. The molecule has 2 aromatic rings. The van der Waals surface area contributed by atoms with Gasteiger partial charge in [0.15, 0.2) is 6.61 Å². The fraction of sp³-hybridized carbons (Fsp3) is 0.375. The number of amides is 1. The van der Waals surface area contributed by atoms with E-state index in [1.807, 2.05) is 4.68 Å². The maximum atomic E-state index is 12.0. The van der Waals surface area contributed by atoms with E-state index in [-0.39, 0.29) is 12.5 Å². The largest absolute Gasteiger partial charge is 0.484 e. The molecular formula is C16H18ClN3O2. The Morgan fingerprint density at radius 1 is 1.50 bits per heavy atom. The second kappa shape index (κ2) is 6.40. The minimum absolute atomic E-state index is 0.0661. The Hall–Kier alpha value is -2.01. The first-order chi connectivity index (χ1) is 10.6. The van der Waals surface area contributed by atoms with Crippen molar-refractivity contribution >= 4 is 23.3 Å². The molecule has 1 fully saturated rings. The van der Waals surface area contributed by atoms with Crippen LogP contribution in [0.5, 0.6) is 5.75 Å². The molecule has 1 aliphatic carbocycles. The summed E-state index contributed by atoms with van der Waals surface area (Å²) in [6.45, 7) is 2.06. The van der Waals surface area contributed by atoms with Gasteiger partial charge < -0.3 is 10.1 Å². The van der Waals surface area contributed by atoms with E-state index in [9.17, 15) is 4.79 Å². The monoisotopic (exact) mass is 319 g/mol. The van der Waals surface area contributed by atoms with E-state index in [0.29, 0.717) is 28.5 Å². The van der Waals surface area contributed by atoms with Gasteiger partial charge in [0, 0.05) is 11.1 Å². The van der Waals surface area contributed by atoms with Gasteiger partial charge in [0.2, 0.25) is 0 Å². The fourth-order valence-electron chi connectivity index (χ4n) is 2.40. The highest BCUT2D eigenvalue weighted by Crippen LogP contribution is 2.40. The SMILES string of the molecule is CC(C1CC1)n1nccc1NC(=O)COc1cccc(Cl)c1. The number of nitrogens with zero attached hydrogens (tertiary/aromatic N) is 2. The summed E-state index contributed by atoms with van der Waals surface area (Å²) in [5, 5.41) is 7.72. The number of carbonyl (C=O) groups excluding carboxylic acids is 1. The zero-order valence-corrected chi connectivity index (χ0v) is 13.1. The molecule has 0 saturated heterocycles. The molecule has 1 aromatic carbocycles. The van der Waals surface area contributed by atoms with Crippen molar-refractivity contribution in [1.82, 2.24) is 9.78 Å². The summed E-state index contributed by atoms with van der Waals surface area (Å²) in [6.07, 6.45) is 4.16. The number of ether oxygens (including phenoxy) is 1. The van der Waals surface area contributed by atoms with Crippen molar-refractivity contribution in [3.8, 4) is 5.75 Å². The molecule has 6 heteroatoms. The Morgan fingerprint density at radius 2 is 2.32 bits per heavy atom. The average molecular weight is 320 g/mol. The molecule has 1 unspecified atom stereocenters. The summed E-state index contributed by atoms with van der Waals surface area (Å²) in [5.74, 6) is 1.73. The lowest BCUT2D eigenvalue weighted by molar-refractivity contribution is -0.118. The molecule has 0 spiro atoms. The molecule has 0 radical (unpaired) electrons. The van der Waals surface area contributed by atoms with Crippen molar-refractivity contribution in [2.24, 2.45) is 5.92 Å². The molecule has 1 N–H and O–H groups in total. The van der Waals surface area contributed by atoms with Crippen molar-refractivity contribution in [2.45, 2.75) is 25.8 Å². The van der Waals surface area contributed by atoms with E-state index in [0.717, 1.165) is 0 Å². The van der Waals surface area contributed by atoms with Gasteiger partial charge in [0.1, 0.15) is 11.6 Å². The third kappa shape index (κ3) is 3.60. The van der Waals surface area contributed by atoms with Gasteiger partial charge in [0.05, 0.1) is 12.2 Å². The number of carbonyl (C=O) groups is 1. The highest BCUT2D eigenvalue weighted by Gasteiger charge is 2.30. The average Bonchev–Trinajstić information content (AvgIpc) is 3.25. The van der Waals surface area contributed by atoms with Crippen molar-refractivity contribution in [3.05, 3.63) is 41.6 Å². The van der Waals surface area contributed by atoms with Crippen LogP contribution in [-0.2, 0) is 4.79 Å². The Labute approximate surface area is 134 Å². The minimum Gasteiger partial charge on any atom is -0.484 e. The van der Waals surface area contributed by atoms with Crippen molar-refractivity contribution in [2.75, 3.05) is 11.9 Å². The number of rotatable bonds is 6. The molecule has 0 aliphatic heterocycles. The molecule has 1 heterocycles.